The Labute approximate surface area is 165 Å². The summed E-state index contributed by atoms with van der Waals surface area (Å²) in [7, 11) is 0. The van der Waals surface area contributed by atoms with Crippen molar-refractivity contribution in [2.75, 3.05) is 0 Å². The minimum atomic E-state index is -2.50. The van der Waals surface area contributed by atoms with E-state index in [1.54, 1.807) is 25.4 Å². The molecule has 0 aliphatic rings. The molecule has 0 radical (unpaired) electrons. The number of hydrogen-bond donors (Lipinski definition) is 0. The SMILES string of the molecule is [2H]C([2H])(Oc1cc(C)n(-c2ccncc2C)c(=O)c1Br)c1ncc(F)cc1Cl. The Kier molecular flexibility index (Phi) is 4.64. The molecule has 134 valence electrons. The van der Waals surface area contributed by atoms with Gasteiger partial charge in [0.1, 0.15) is 22.6 Å². The number of ether oxygens (including phenoxy) is 1. The monoisotopic (exact) mass is 439 g/mol. The maximum absolute atomic E-state index is 13.2. The van der Waals surface area contributed by atoms with Gasteiger partial charge in [-0.25, -0.2) is 4.39 Å². The Morgan fingerprint density at radius 2 is 2.15 bits per heavy atom. The second-order valence-electron chi connectivity index (χ2n) is 5.45. The molecule has 5 nitrogen and oxygen atoms in total. The van der Waals surface area contributed by atoms with Gasteiger partial charge in [0.25, 0.3) is 5.56 Å². The highest BCUT2D eigenvalue weighted by Crippen LogP contribution is 2.26. The van der Waals surface area contributed by atoms with Crippen LogP contribution in [0.1, 0.15) is 19.7 Å². The lowest BCUT2D eigenvalue weighted by Gasteiger charge is -2.16. The average Bonchev–Trinajstić information content (AvgIpc) is 2.60. The molecule has 0 spiro atoms. The summed E-state index contributed by atoms with van der Waals surface area (Å²) in [6.45, 7) is 1.03. The van der Waals surface area contributed by atoms with E-state index in [0.717, 1.165) is 17.8 Å². The molecule has 0 bridgehead atoms. The Morgan fingerprint density at radius 3 is 2.85 bits per heavy atom. The van der Waals surface area contributed by atoms with Crippen molar-refractivity contribution >= 4 is 27.5 Å². The van der Waals surface area contributed by atoms with Crippen molar-refractivity contribution in [3.8, 4) is 11.4 Å². The molecule has 0 amide bonds. The minimum Gasteiger partial charge on any atom is -0.486 e. The fraction of sp³-hybridized carbons (Fsp3) is 0.167. The molecule has 0 saturated carbocycles. The molecule has 0 aliphatic heterocycles. The van der Waals surface area contributed by atoms with Crippen LogP contribution < -0.4 is 10.3 Å². The molecule has 0 atom stereocenters. The van der Waals surface area contributed by atoms with Crippen molar-refractivity contribution in [2.24, 2.45) is 0 Å². The van der Waals surface area contributed by atoms with Crippen LogP contribution in [0.25, 0.3) is 5.69 Å². The lowest BCUT2D eigenvalue weighted by atomic mass is 10.2. The summed E-state index contributed by atoms with van der Waals surface area (Å²) in [5.41, 5.74) is 1.24. The molecule has 0 saturated heterocycles. The molecule has 0 unspecified atom stereocenters. The molecule has 0 N–H and O–H groups in total. The predicted octanol–water partition coefficient (Wildman–Crippen LogP) is 4.38. The molecule has 0 aromatic carbocycles. The molecule has 0 aliphatic carbocycles. The fourth-order valence-corrected chi connectivity index (χ4v) is 2.93. The molecular weight excluding hydrogens is 425 g/mol. The molecule has 0 fully saturated rings. The second-order valence-corrected chi connectivity index (χ2v) is 6.65. The summed E-state index contributed by atoms with van der Waals surface area (Å²) in [6, 6.07) is 4.16. The van der Waals surface area contributed by atoms with Crippen LogP contribution in [0, 0.1) is 19.7 Å². The summed E-state index contributed by atoms with van der Waals surface area (Å²) < 4.78 is 36.4. The van der Waals surface area contributed by atoms with E-state index < -0.39 is 17.9 Å². The molecule has 8 heteroatoms. The minimum absolute atomic E-state index is 0.0245. The quantitative estimate of drug-likeness (QED) is 0.604. The average molecular weight is 441 g/mol. The van der Waals surface area contributed by atoms with Gasteiger partial charge in [-0.3, -0.25) is 19.3 Å². The van der Waals surface area contributed by atoms with Gasteiger partial charge in [-0.15, -0.1) is 0 Å². The van der Waals surface area contributed by atoms with Gasteiger partial charge < -0.3 is 4.74 Å². The molecule has 3 aromatic rings. The third-order valence-electron chi connectivity index (χ3n) is 3.60. The van der Waals surface area contributed by atoms with E-state index in [0.29, 0.717) is 11.4 Å². The van der Waals surface area contributed by atoms with Crippen molar-refractivity contribution < 1.29 is 11.9 Å². The number of rotatable bonds is 4. The summed E-state index contributed by atoms with van der Waals surface area (Å²) in [5, 5.41) is -0.224. The van der Waals surface area contributed by atoms with E-state index in [2.05, 4.69) is 25.9 Å². The first kappa shape index (κ1) is 16.0. The van der Waals surface area contributed by atoms with Crippen molar-refractivity contribution in [3.63, 3.8) is 0 Å². The summed E-state index contributed by atoms with van der Waals surface area (Å²) in [4.78, 5) is 20.6. The van der Waals surface area contributed by atoms with Gasteiger partial charge in [-0.1, -0.05) is 11.6 Å². The third kappa shape index (κ3) is 3.64. The van der Waals surface area contributed by atoms with Crippen molar-refractivity contribution in [1.29, 1.82) is 0 Å². The van der Waals surface area contributed by atoms with Crippen LogP contribution in [0.2, 0.25) is 5.02 Å². The van der Waals surface area contributed by atoms with E-state index >= 15 is 0 Å². The number of hydrogen-bond acceptors (Lipinski definition) is 4. The maximum Gasteiger partial charge on any atom is 0.273 e. The molecule has 26 heavy (non-hydrogen) atoms. The summed E-state index contributed by atoms with van der Waals surface area (Å²) in [6.07, 6.45) is 4.06. The van der Waals surface area contributed by atoms with Crippen molar-refractivity contribution in [3.05, 3.63) is 79.4 Å². The summed E-state index contributed by atoms with van der Waals surface area (Å²) >= 11 is 9.09. The van der Waals surface area contributed by atoms with Gasteiger partial charge in [0.15, 0.2) is 0 Å². The molecule has 3 aromatic heterocycles. The number of pyridine rings is 3. The van der Waals surface area contributed by atoms with E-state index in [4.69, 9.17) is 19.1 Å². The Balaban J connectivity index is 2.07. The number of nitrogens with zero attached hydrogens (tertiary/aromatic N) is 3. The third-order valence-corrected chi connectivity index (χ3v) is 4.62. The Morgan fingerprint density at radius 1 is 1.38 bits per heavy atom. The van der Waals surface area contributed by atoms with Gasteiger partial charge >= 0.3 is 0 Å². The number of aromatic nitrogens is 3. The van der Waals surface area contributed by atoms with Crippen LogP contribution >= 0.6 is 27.5 Å². The van der Waals surface area contributed by atoms with Gasteiger partial charge in [0.05, 0.1) is 25.3 Å². The number of halogens is 3. The predicted molar refractivity (Wildman–Crippen MR) is 101 cm³/mol. The van der Waals surface area contributed by atoms with E-state index in [1.165, 1.54) is 10.6 Å². The van der Waals surface area contributed by atoms with Gasteiger partial charge in [-0.05, 0) is 47.5 Å². The van der Waals surface area contributed by atoms with Crippen LogP contribution in [0.4, 0.5) is 4.39 Å². The lowest BCUT2D eigenvalue weighted by molar-refractivity contribution is 0.297. The molecular formula is C18H14BrClFN3O2. The normalized spacial score (nSPS) is 12.5. The van der Waals surface area contributed by atoms with Crippen LogP contribution in [-0.2, 0) is 6.56 Å². The van der Waals surface area contributed by atoms with E-state index in [-0.39, 0.29) is 20.9 Å². The standard InChI is InChI=1S/C18H14BrClFN3O2/c1-10-7-22-4-3-15(10)24-11(2)5-16(17(19)18(24)25)26-9-14-13(20)6-12(21)8-23-14/h3-8H,9H2,1-2H3/i9D2. The number of aryl methyl sites for hydroxylation is 2. The first-order valence-electron chi connectivity index (χ1n) is 8.45. The van der Waals surface area contributed by atoms with Gasteiger partial charge in [0.2, 0.25) is 0 Å². The van der Waals surface area contributed by atoms with E-state index in [9.17, 15) is 9.18 Å². The topological polar surface area (TPSA) is 57.0 Å². The molecule has 3 rings (SSSR count). The highest BCUT2D eigenvalue weighted by atomic mass is 79.9. The second kappa shape index (κ2) is 7.55. The Bertz CT molecular complexity index is 1120. The highest BCUT2D eigenvalue weighted by Gasteiger charge is 2.15. The zero-order valence-corrected chi connectivity index (χ0v) is 16.1. The van der Waals surface area contributed by atoms with Crippen molar-refractivity contribution in [2.45, 2.75) is 20.4 Å². The summed E-state index contributed by atoms with van der Waals surface area (Å²) in [5.74, 6) is -0.727. The van der Waals surface area contributed by atoms with E-state index in [1.807, 2.05) is 6.92 Å². The first-order chi connectivity index (χ1) is 13.1. The highest BCUT2D eigenvalue weighted by molar-refractivity contribution is 9.10. The van der Waals surface area contributed by atoms with Gasteiger partial charge in [0, 0.05) is 24.2 Å². The van der Waals surface area contributed by atoms with Gasteiger partial charge in [-0.2, -0.15) is 0 Å². The largest absolute Gasteiger partial charge is 0.486 e. The van der Waals surface area contributed by atoms with Crippen molar-refractivity contribution in [1.82, 2.24) is 14.5 Å². The zero-order chi connectivity index (χ0) is 20.6. The zero-order valence-electron chi connectivity index (χ0n) is 15.8. The molecule has 3 heterocycles. The van der Waals surface area contributed by atoms with Crippen LogP contribution in [0.15, 0.2) is 46.1 Å². The first-order valence-corrected chi connectivity index (χ1v) is 8.62. The smallest absolute Gasteiger partial charge is 0.273 e. The fourth-order valence-electron chi connectivity index (χ4n) is 2.36. The Hall–Kier alpha value is -2.25. The lowest BCUT2D eigenvalue weighted by Crippen LogP contribution is -2.22. The van der Waals surface area contributed by atoms with Crippen LogP contribution in [-0.4, -0.2) is 14.5 Å². The maximum atomic E-state index is 13.2. The van der Waals surface area contributed by atoms with Crippen LogP contribution in [0.5, 0.6) is 5.75 Å². The van der Waals surface area contributed by atoms with Crippen LogP contribution in [0.3, 0.4) is 0 Å².